The molecular weight excluding hydrogens is 224 g/mol. The molecule has 0 aliphatic heterocycles. The normalized spacial score (nSPS) is 10.3. The molecule has 16 heavy (non-hydrogen) atoms. The maximum absolute atomic E-state index is 10.6. The Morgan fingerprint density at radius 2 is 2.12 bits per heavy atom. The summed E-state index contributed by atoms with van der Waals surface area (Å²) in [7, 11) is 0. The Morgan fingerprint density at radius 1 is 1.38 bits per heavy atom. The zero-order valence-electron chi connectivity index (χ0n) is 8.64. The van der Waals surface area contributed by atoms with Crippen molar-refractivity contribution in [1.82, 2.24) is 0 Å². The van der Waals surface area contributed by atoms with Crippen LogP contribution in [0.4, 0.5) is 11.4 Å². The average molecular weight is 234 g/mol. The molecule has 0 atom stereocenters. The average Bonchev–Trinajstić information content (AvgIpc) is 2.64. The number of benzene rings is 1. The molecule has 0 aliphatic rings. The lowest BCUT2D eigenvalue weighted by molar-refractivity contribution is -0.383. The quantitative estimate of drug-likeness (QED) is 0.492. The van der Waals surface area contributed by atoms with Crippen LogP contribution in [-0.4, -0.2) is 4.92 Å². The van der Waals surface area contributed by atoms with Crippen molar-refractivity contribution >= 4 is 22.7 Å². The molecule has 0 spiro atoms. The number of nitrogen functional groups attached to an aromatic ring is 1. The van der Waals surface area contributed by atoms with Crippen molar-refractivity contribution in [2.75, 3.05) is 5.73 Å². The van der Waals surface area contributed by atoms with Crippen molar-refractivity contribution in [3.63, 3.8) is 0 Å². The third-order valence-corrected chi connectivity index (χ3v) is 3.34. The predicted octanol–water partition coefficient (Wildman–Crippen LogP) is 3.21. The highest BCUT2D eigenvalue weighted by Gasteiger charge is 2.12. The number of hydrogen-bond donors (Lipinski definition) is 1. The van der Waals surface area contributed by atoms with Gasteiger partial charge in [-0.15, -0.1) is 11.3 Å². The standard InChI is InChI=1S/C11H10N2O2S/c1-7-4-11(16-6-7)8-2-3-10(13(14)15)9(12)5-8/h2-6H,12H2,1H3. The topological polar surface area (TPSA) is 69.2 Å². The fraction of sp³-hybridized carbons (Fsp3) is 0.0909. The summed E-state index contributed by atoms with van der Waals surface area (Å²) in [6.07, 6.45) is 0. The lowest BCUT2D eigenvalue weighted by atomic mass is 10.1. The van der Waals surface area contributed by atoms with Gasteiger partial charge in [-0.1, -0.05) is 0 Å². The van der Waals surface area contributed by atoms with Gasteiger partial charge in [-0.25, -0.2) is 0 Å². The van der Waals surface area contributed by atoms with E-state index in [1.165, 1.54) is 11.6 Å². The Morgan fingerprint density at radius 3 is 2.62 bits per heavy atom. The first-order chi connectivity index (χ1) is 7.58. The Balaban J connectivity index is 2.45. The third-order valence-electron chi connectivity index (χ3n) is 2.24. The van der Waals surface area contributed by atoms with Gasteiger partial charge in [0.1, 0.15) is 5.69 Å². The van der Waals surface area contributed by atoms with Gasteiger partial charge in [-0.2, -0.15) is 0 Å². The smallest absolute Gasteiger partial charge is 0.292 e. The van der Waals surface area contributed by atoms with Gasteiger partial charge < -0.3 is 5.73 Å². The summed E-state index contributed by atoms with van der Waals surface area (Å²) in [6.45, 7) is 2.01. The van der Waals surface area contributed by atoms with Crippen molar-refractivity contribution in [1.29, 1.82) is 0 Å². The van der Waals surface area contributed by atoms with Crippen LogP contribution in [-0.2, 0) is 0 Å². The minimum Gasteiger partial charge on any atom is -0.393 e. The third kappa shape index (κ3) is 1.90. The summed E-state index contributed by atoms with van der Waals surface area (Å²) < 4.78 is 0. The number of nitrogens with two attached hydrogens (primary N) is 1. The molecule has 0 unspecified atom stereocenters. The number of nitro groups is 1. The predicted molar refractivity (Wildman–Crippen MR) is 65.6 cm³/mol. The van der Waals surface area contributed by atoms with Crippen LogP contribution in [0.15, 0.2) is 29.6 Å². The maximum Gasteiger partial charge on any atom is 0.292 e. The SMILES string of the molecule is Cc1csc(-c2ccc([N+](=O)[O-])c(N)c2)c1. The Bertz CT molecular complexity index is 549. The number of rotatable bonds is 2. The van der Waals surface area contributed by atoms with E-state index in [4.69, 9.17) is 5.73 Å². The first-order valence-electron chi connectivity index (χ1n) is 4.67. The highest BCUT2D eigenvalue weighted by Crippen LogP contribution is 2.31. The van der Waals surface area contributed by atoms with Gasteiger partial charge >= 0.3 is 0 Å². The van der Waals surface area contributed by atoms with E-state index in [1.807, 2.05) is 18.4 Å². The first-order valence-corrected chi connectivity index (χ1v) is 5.55. The van der Waals surface area contributed by atoms with Gasteiger partial charge in [0.2, 0.25) is 0 Å². The van der Waals surface area contributed by atoms with E-state index in [1.54, 1.807) is 23.5 Å². The molecule has 0 bridgehead atoms. The zero-order chi connectivity index (χ0) is 11.7. The van der Waals surface area contributed by atoms with Gasteiger partial charge in [0, 0.05) is 10.9 Å². The minimum atomic E-state index is -0.473. The number of thiophene rings is 1. The van der Waals surface area contributed by atoms with Crippen LogP contribution in [0.25, 0.3) is 10.4 Å². The van der Waals surface area contributed by atoms with E-state index in [0.29, 0.717) is 0 Å². The molecule has 2 rings (SSSR count). The molecule has 82 valence electrons. The largest absolute Gasteiger partial charge is 0.393 e. The van der Waals surface area contributed by atoms with Gasteiger partial charge in [0.25, 0.3) is 5.69 Å². The Hall–Kier alpha value is -1.88. The maximum atomic E-state index is 10.6. The molecular formula is C11H10N2O2S. The summed E-state index contributed by atoms with van der Waals surface area (Å²) in [5.41, 5.74) is 7.88. The molecule has 0 radical (unpaired) electrons. The van der Waals surface area contributed by atoms with E-state index in [9.17, 15) is 10.1 Å². The summed E-state index contributed by atoms with van der Waals surface area (Å²) in [5, 5.41) is 12.6. The second kappa shape index (κ2) is 3.94. The number of hydrogen-bond acceptors (Lipinski definition) is 4. The van der Waals surface area contributed by atoms with Gasteiger partial charge in [0.15, 0.2) is 0 Å². The number of nitrogens with zero attached hydrogens (tertiary/aromatic N) is 1. The van der Waals surface area contributed by atoms with Gasteiger partial charge in [-0.05, 0) is 41.6 Å². The number of nitro benzene ring substituents is 1. The van der Waals surface area contributed by atoms with Crippen LogP contribution >= 0.6 is 11.3 Å². The van der Waals surface area contributed by atoms with E-state index < -0.39 is 4.92 Å². The first kappa shape index (κ1) is 10.6. The number of aryl methyl sites for hydroxylation is 1. The summed E-state index contributed by atoms with van der Waals surface area (Å²) in [6, 6.07) is 6.84. The lowest BCUT2D eigenvalue weighted by Gasteiger charge is -2.00. The molecule has 2 N–H and O–H groups in total. The molecule has 0 fully saturated rings. The van der Waals surface area contributed by atoms with E-state index >= 15 is 0 Å². The number of anilines is 1. The van der Waals surface area contributed by atoms with Crippen LogP contribution in [0, 0.1) is 17.0 Å². The highest BCUT2D eigenvalue weighted by molar-refractivity contribution is 7.13. The van der Waals surface area contributed by atoms with Gasteiger partial charge in [0.05, 0.1) is 4.92 Å². The fourth-order valence-electron chi connectivity index (χ4n) is 1.46. The molecule has 0 aliphatic carbocycles. The molecule has 1 aromatic carbocycles. The molecule has 0 amide bonds. The summed E-state index contributed by atoms with van der Waals surface area (Å²) in [4.78, 5) is 11.2. The van der Waals surface area contributed by atoms with E-state index in [-0.39, 0.29) is 11.4 Å². The Labute approximate surface area is 96.5 Å². The highest BCUT2D eigenvalue weighted by atomic mass is 32.1. The Kier molecular flexibility index (Phi) is 2.62. The summed E-state index contributed by atoms with van der Waals surface area (Å²) in [5.74, 6) is 0. The molecule has 5 heteroatoms. The molecule has 0 saturated heterocycles. The van der Waals surface area contributed by atoms with Crippen LogP contribution in [0.1, 0.15) is 5.56 Å². The van der Waals surface area contributed by atoms with Crippen LogP contribution in [0.2, 0.25) is 0 Å². The van der Waals surface area contributed by atoms with Crippen LogP contribution in [0.5, 0.6) is 0 Å². The van der Waals surface area contributed by atoms with Crippen LogP contribution in [0.3, 0.4) is 0 Å². The second-order valence-electron chi connectivity index (χ2n) is 3.52. The van der Waals surface area contributed by atoms with E-state index in [0.717, 1.165) is 10.4 Å². The molecule has 2 aromatic rings. The molecule has 0 saturated carbocycles. The zero-order valence-corrected chi connectivity index (χ0v) is 9.45. The minimum absolute atomic E-state index is 0.0444. The molecule has 1 aromatic heterocycles. The van der Waals surface area contributed by atoms with Crippen LogP contribution < -0.4 is 5.73 Å². The van der Waals surface area contributed by atoms with Crippen molar-refractivity contribution < 1.29 is 4.92 Å². The monoisotopic (exact) mass is 234 g/mol. The van der Waals surface area contributed by atoms with Crippen molar-refractivity contribution in [3.8, 4) is 10.4 Å². The summed E-state index contributed by atoms with van der Waals surface area (Å²) >= 11 is 1.60. The van der Waals surface area contributed by atoms with Crippen molar-refractivity contribution in [3.05, 3.63) is 45.3 Å². The second-order valence-corrected chi connectivity index (χ2v) is 4.43. The van der Waals surface area contributed by atoms with Gasteiger partial charge in [-0.3, -0.25) is 10.1 Å². The molecule has 4 nitrogen and oxygen atoms in total. The van der Waals surface area contributed by atoms with E-state index in [2.05, 4.69) is 0 Å². The molecule has 1 heterocycles. The fourth-order valence-corrected chi connectivity index (χ4v) is 2.35. The van der Waals surface area contributed by atoms with Crippen molar-refractivity contribution in [2.45, 2.75) is 6.92 Å². The lowest BCUT2D eigenvalue weighted by Crippen LogP contribution is -1.95. The van der Waals surface area contributed by atoms with Crippen molar-refractivity contribution in [2.24, 2.45) is 0 Å².